The molecule has 12 heteroatoms. The van der Waals surface area contributed by atoms with E-state index in [4.69, 9.17) is 4.74 Å². The van der Waals surface area contributed by atoms with Gasteiger partial charge in [0.05, 0.1) is 5.25 Å². The zero-order chi connectivity index (χ0) is 30.4. The summed E-state index contributed by atoms with van der Waals surface area (Å²) in [7, 11) is -3.82. The lowest BCUT2D eigenvalue weighted by Crippen LogP contribution is -2.61. The Hall–Kier alpha value is -2.63. The van der Waals surface area contributed by atoms with Crippen molar-refractivity contribution < 1.29 is 32.3 Å². The molecule has 2 saturated carbocycles. The molecule has 40 heavy (non-hydrogen) atoms. The van der Waals surface area contributed by atoms with Gasteiger partial charge in [-0.05, 0) is 63.7 Å². The lowest BCUT2D eigenvalue weighted by atomic mass is 9.84. The molecule has 0 aromatic heterocycles. The molecule has 3 N–H and O–H groups in total. The quantitative estimate of drug-likeness (QED) is 0.353. The van der Waals surface area contributed by atoms with Crippen LogP contribution in [0.5, 0.6) is 0 Å². The standard InChI is InChI=1S/C28H46N4O7S/c1-10-17-15-28(17,24(35)31-40(37,38)18-11-12-18)30-22(33)20-19(16(2)3)13-14-32(20)23(34)21(26(4,5)6)29-25(36)39-27(7,8)9/h10,16-21H,1,11-15H2,2-9H3,(H,29,36)(H,30,33)(H,31,35)/t17-,19-,20+,21?,28-/m1/s1. The molecule has 0 radical (unpaired) electrons. The summed E-state index contributed by atoms with van der Waals surface area (Å²) in [6, 6.07) is -1.89. The highest BCUT2D eigenvalue weighted by Crippen LogP contribution is 2.46. The Morgan fingerprint density at radius 3 is 2.10 bits per heavy atom. The summed E-state index contributed by atoms with van der Waals surface area (Å²) in [5, 5.41) is 4.93. The van der Waals surface area contributed by atoms with Gasteiger partial charge in [-0.25, -0.2) is 13.2 Å². The number of hydrogen-bond acceptors (Lipinski definition) is 7. The number of nitrogens with one attached hydrogen (secondary N) is 3. The van der Waals surface area contributed by atoms with Crippen LogP contribution in [0, 0.1) is 23.2 Å². The van der Waals surface area contributed by atoms with Gasteiger partial charge in [-0.1, -0.05) is 40.7 Å². The fraction of sp³-hybridized carbons (Fsp3) is 0.786. The van der Waals surface area contributed by atoms with Gasteiger partial charge < -0.3 is 20.3 Å². The molecule has 4 amide bonds. The Balaban J connectivity index is 1.87. The number of amides is 4. The van der Waals surface area contributed by atoms with E-state index in [1.807, 2.05) is 34.6 Å². The van der Waals surface area contributed by atoms with Gasteiger partial charge in [0.2, 0.25) is 21.8 Å². The van der Waals surface area contributed by atoms with Gasteiger partial charge in [-0.3, -0.25) is 19.1 Å². The molecule has 1 saturated heterocycles. The zero-order valence-electron chi connectivity index (χ0n) is 25.0. The number of ether oxygens (including phenoxy) is 1. The first-order chi connectivity index (χ1) is 18.2. The van der Waals surface area contributed by atoms with Crippen molar-refractivity contribution in [2.75, 3.05) is 6.54 Å². The molecule has 0 spiro atoms. The SMILES string of the molecule is C=C[C@@H]1C[C@]1(NC(=O)[C@@H]1[C@@H](C(C)C)CCN1C(=O)C(NC(=O)OC(C)(C)C)C(C)(C)C)C(=O)NS(=O)(=O)C1CC1. The fourth-order valence-corrected chi connectivity index (χ4v) is 6.71. The first-order valence-electron chi connectivity index (χ1n) is 14.0. The van der Waals surface area contributed by atoms with Gasteiger partial charge in [0, 0.05) is 12.5 Å². The largest absolute Gasteiger partial charge is 0.444 e. The van der Waals surface area contributed by atoms with E-state index in [1.54, 1.807) is 20.8 Å². The molecule has 5 atom stereocenters. The van der Waals surface area contributed by atoms with Gasteiger partial charge in [-0.15, -0.1) is 6.58 Å². The molecule has 1 aliphatic heterocycles. The van der Waals surface area contributed by atoms with Crippen LogP contribution in [0.3, 0.4) is 0 Å². The van der Waals surface area contributed by atoms with Gasteiger partial charge in [0.15, 0.2) is 0 Å². The molecule has 0 aromatic rings. The topological polar surface area (TPSA) is 151 Å². The Labute approximate surface area is 238 Å². The molecule has 1 heterocycles. The lowest BCUT2D eigenvalue weighted by molar-refractivity contribution is -0.144. The maximum atomic E-state index is 14.0. The summed E-state index contributed by atoms with van der Waals surface area (Å²) in [6.45, 7) is 18.6. The van der Waals surface area contributed by atoms with Crippen LogP contribution in [0.25, 0.3) is 0 Å². The van der Waals surface area contributed by atoms with Crippen molar-refractivity contribution in [1.82, 2.24) is 20.3 Å². The van der Waals surface area contributed by atoms with Crippen molar-refractivity contribution in [2.24, 2.45) is 23.2 Å². The third kappa shape index (κ3) is 6.98. The minimum absolute atomic E-state index is 0.0369. The highest BCUT2D eigenvalue weighted by Gasteiger charge is 2.62. The van der Waals surface area contributed by atoms with E-state index in [1.165, 1.54) is 11.0 Å². The average Bonchev–Trinajstić information content (AvgIpc) is 3.71. The van der Waals surface area contributed by atoms with Crippen molar-refractivity contribution in [1.29, 1.82) is 0 Å². The second kappa shape index (κ2) is 11.0. The third-order valence-electron chi connectivity index (χ3n) is 7.88. The van der Waals surface area contributed by atoms with Crippen LogP contribution >= 0.6 is 0 Å². The molecular weight excluding hydrogens is 536 g/mol. The summed E-state index contributed by atoms with van der Waals surface area (Å²) in [4.78, 5) is 55.2. The Bertz CT molecular complexity index is 1150. The van der Waals surface area contributed by atoms with E-state index >= 15 is 0 Å². The summed E-state index contributed by atoms with van der Waals surface area (Å²) in [6.07, 6.45) is 2.56. The van der Waals surface area contributed by atoms with Crippen LogP contribution in [0.2, 0.25) is 0 Å². The summed E-state index contributed by atoms with van der Waals surface area (Å²) < 4.78 is 32.5. The van der Waals surface area contributed by atoms with Crippen LogP contribution in [0.4, 0.5) is 4.79 Å². The van der Waals surface area contributed by atoms with Crippen molar-refractivity contribution in [3.63, 3.8) is 0 Å². The van der Waals surface area contributed by atoms with Crippen LogP contribution in [-0.4, -0.2) is 72.2 Å². The first-order valence-corrected chi connectivity index (χ1v) is 15.6. The predicted molar refractivity (Wildman–Crippen MR) is 150 cm³/mol. The van der Waals surface area contributed by atoms with Crippen molar-refractivity contribution in [2.45, 2.75) is 110 Å². The second-order valence-electron chi connectivity index (χ2n) is 13.8. The summed E-state index contributed by atoms with van der Waals surface area (Å²) >= 11 is 0. The smallest absolute Gasteiger partial charge is 0.408 e. The van der Waals surface area contributed by atoms with E-state index in [-0.39, 0.29) is 18.3 Å². The number of alkyl carbamates (subject to hydrolysis) is 1. The fourth-order valence-electron chi connectivity index (χ4n) is 5.35. The minimum atomic E-state index is -3.82. The molecular formula is C28H46N4O7S. The van der Waals surface area contributed by atoms with E-state index in [9.17, 15) is 27.6 Å². The molecule has 226 valence electrons. The molecule has 3 aliphatic rings. The Morgan fingerprint density at radius 1 is 1.05 bits per heavy atom. The number of carbonyl (C=O) groups excluding carboxylic acids is 4. The molecule has 3 rings (SSSR count). The molecule has 0 bridgehead atoms. The Morgan fingerprint density at radius 2 is 1.65 bits per heavy atom. The van der Waals surface area contributed by atoms with Crippen LogP contribution in [-0.2, 0) is 29.1 Å². The highest BCUT2D eigenvalue weighted by molar-refractivity contribution is 7.91. The van der Waals surface area contributed by atoms with E-state index < -0.39 is 73.6 Å². The van der Waals surface area contributed by atoms with Crippen molar-refractivity contribution in [3.05, 3.63) is 12.7 Å². The summed E-state index contributed by atoms with van der Waals surface area (Å²) in [5.74, 6) is -2.35. The van der Waals surface area contributed by atoms with Crippen LogP contribution < -0.4 is 15.4 Å². The summed E-state index contributed by atoms with van der Waals surface area (Å²) in [5.41, 5.74) is -2.91. The van der Waals surface area contributed by atoms with Crippen LogP contribution in [0.1, 0.15) is 81.1 Å². The van der Waals surface area contributed by atoms with Crippen LogP contribution in [0.15, 0.2) is 12.7 Å². The maximum Gasteiger partial charge on any atom is 0.408 e. The zero-order valence-corrected chi connectivity index (χ0v) is 25.8. The van der Waals surface area contributed by atoms with E-state index in [2.05, 4.69) is 21.9 Å². The molecule has 1 unspecified atom stereocenters. The highest BCUT2D eigenvalue weighted by atomic mass is 32.2. The van der Waals surface area contributed by atoms with Gasteiger partial charge in [0.25, 0.3) is 5.91 Å². The number of rotatable bonds is 9. The first kappa shape index (κ1) is 31.9. The monoisotopic (exact) mass is 582 g/mol. The average molecular weight is 583 g/mol. The van der Waals surface area contributed by atoms with E-state index in [0.717, 1.165) is 0 Å². The maximum absolute atomic E-state index is 14.0. The molecule has 11 nitrogen and oxygen atoms in total. The number of likely N-dealkylation sites (tertiary alicyclic amines) is 1. The van der Waals surface area contributed by atoms with Gasteiger partial charge >= 0.3 is 6.09 Å². The third-order valence-corrected chi connectivity index (χ3v) is 9.69. The number of nitrogens with zero attached hydrogens (tertiary/aromatic N) is 1. The van der Waals surface area contributed by atoms with E-state index in [0.29, 0.717) is 25.8 Å². The van der Waals surface area contributed by atoms with Crippen molar-refractivity contribution in [3.8, 4) is 0 Å². The molecule has 3 fully saturated rings. The van der Waals surface area contributed by atoms with Crippen molar-refractivity contribution >= 4 is 33.8 Å². The molecule has 0 aromatic carbocycles. The number of sulfonamides is 1. The van der Waals surface area contributed by atoms with Gasteiger partial charge in [-0.2, -0.15) is 0 Å². The minimum Gasteiger partial charge on any atom is -0.444 e. The number of hydrogen-bond donors (Lipinski definition) is 3. The van der Waals surface area contributed by atoms with Gasteiger partial charge in [0.1, 0.15) is 23.2 Å². The normalized spacial score (nSPS) is 27.5. The lowest BCUT2D eigenvalue weighted by Gasteiger charge is -2.37. The number of carbonyl (C=O) groups is 4. The second-order valence-corrected chi connectivity index (χ2v) is 15.8. The molecule has 2 aliphatic carbocycles. The predicted octanol–water partition coefficient (Wildman–Crippen LogP) is 2.47. The Kier molecular flexibility index (Phi) is 8.76.